The summed E-state index contributed by atoms with van der Waals surface area (Å²) < 4.78 is 0. The molecular weight excluding hydrogens is 155 g/mol. The van der Waals surface area contributed by atoms with Crippen molar-refractivity contribution in [2.75, 3.05) is 0 Å². The fourth-order valence-electron chi connectivity index (χ4n) is 0.868. The van der Waals surface area contributed by atoms with Crippen molar-refractivity contribution in [3.05, 3.63) is 0 Å². The summed E-state index contributed by atoms with van der Waals surface area (Å²) in [5, 5.41) is 0.320. The van der Waals surface area contributed by atoms with Crippen LogP contribution in [0, 0.1) is 10.8 Å². The number of hydrogen-bond acceptors (Lipinski definition) is 0. The van der Waals surface area contributed by atoms with Gasteiger partial charge >= 0.3 is 0 Å². The Morgan fingerprint density at radius 3 is 1.38 bits per heavy atom. The summed E-state index contributed by atoms with van der Waals surface area (Å²) in [4.78, 5) is 0. The summed E-state index contributed by atoms with van der Waals surface area (Å²) in [6.45, 7) is 18.5. The van der Waals surface area contributed by atoms with E-state index in [1.54, 1.807) is 0 Å². The van der Waals surface area contributed by atoms with Gasteiger partial charge in [0.25, 0.3) is 0 Å². The summed E-state index contributed by atoms with van der Waals surface area (Å²) >= 11 is 0. The van der Waals surface area contributed by atoms with Crippen molar-refractivity contribution < 1.29 is 0 Å². The topological polar surface area (TPSA) is 0 Å². The van der Waals surface area contributed by atoms with Gasteiger partial charge in [-0.05, 0) is 10.8 Å². The molecule has 0 fully saturated rings. The van der Waals surface area contributed by atoms with E-state index in [0.29, 0.717) is 16.1 Å². The first-order chi connectivity index (χ1) is 5.46. The molecule has 0 aromatic heterocycles. The largest absolute Gasteiger partial charge is 0.118 e. The first kappa shape index (κ1) is 13.1. The second kappa shape index (κ2) is 3.67. The third kappa shape index (κ3) is 4.74. The lowest BCUT2D eigenvalue weighted by Gasteiger charge is -2.40. The lowest BCUT2D eigenvalue weighted by atomic mass is 9.41. The predicted octanol–water partition coefficient (Wildman–Crippen LogP) is 4.40. The maximum Gasteiger partial charge on any atom is 0.118 e. The van der Waals surface area contributed by atoms with Crippen LogP contribution in [0.1, 0.15) is 55.4 Å². The predicted molar refractivity (Wildman–Crippen MR) is 63.5 cm³/mol. The van der Waals surface area contributed by atoms with Crippen molar-refractivity contribution in [2.24, 2.45) is 10.8 Å². The molecule has 0 atom stereocenters. The second-order valence-electron chi connectivity index (χ2n) is 6.94. The van der Waals surface area contributed by atoms with E-state index in [9.17, 15) is 0 Å². The van der Waals surface area contributed by atoms with Gasteiger partial charge in [0.2, 0.25) is 0 Å². The minimum Gasteiger partial charge on any atom is -0.0748 e. The standard InChI is InChI=1S/C12H26B/c1-10(2,3)9-13-12(7,8)11(4,5)6/h9H2,1-8H3. The smallest absolute Gasteiger partial charge is 0.0748 e. The van der Waals surface area contributed by atoms with E-state index in [0.717, 1.165) is 0 Å². The average Bonchev–Trinajstić information content (AvgIpc) is 1.79. The average molecular weight is 181 g/mol. The van der Waals surface area contributed by atoms with Crippen molar-refractivity contribution in [3.63, 3.8) is 0 Å². The minimum atomic E-state index is 0.320. The molecule has 0 aliphatic heterocycles. The monoisotopic (exact) mass is 181 g/mol. The number of hydrogen-bond donors (Lipinski definition) is 0. The molecule has 0 spiro atoms. The molecule has 0 amide bonds. The van der Waals surface area contributed by atoms with Gasteiger partial charge in [0.1, 0.15) is 7.28 Å². The Kier molecular flexibility index (Phi) is 3.69. The summed E-state index contributed by atoms with van der Waals surface area (Å²) in [5.41, 5.74) is 0.779. The van der Waals surface area contributed by atoms with E-state index in [1.165, 1.54) is 6.32 Å². The van der Waals surface area contributed by atoms with Crippen LogP contribution in [0.5, 0.6) is 0 Å². The molecule has 0 rings (SSSR count). The van der Waals surface area contributed by atoms with E-state index in [-0.39, 0.29) is 0 Å². The van der Waals surface area contributed by atoms with Crippen molar-refractivity contribution in [1.82, 2.24) is 0 Å². The van der Waals surface area contributed by atoms with E-state index in [1.807, 2.05) is 0 Å². The molecule has 0 aliphatic rings. The van der Waals surface area contributed by atoms with E-state index >= 15 is 0 Å². The van der Waals surface area contributed by atoms with Crippen LogP contribution < -0.4 is 0 Å². The lowest BCUT2D eigenvalue weighted by Crippen LogP contribution is -2.30. The zero-order chi connectivity index (χ0) is 10.9. The van der Waals surface area contributed by atoms with Gasteiger partial charge < -0.3 is 0 Å². The summed E-state index contributed by atoms with van der Waals surface area (Å²) in [5.74, 6) is 0. The third-order valence-corrected chi connectivity index (χ3v) is 3.16. The maximum absolute atomic E-state index is 2.48. The van der Waals surface area contributed by atoms with Crippen LogP contribution in [0.2, 0.25) is 11.6 Å². The van der Waals surface area contributed by atoms with Crippen LogP contribution in [0.15, 0.2) is 0 Å². The molecule has 0 saturated carbocycles. The molecule has 77 valence electrons. The van der Waals surface area contributed by atoms with Gasteiger partial charge in [-0.3, -0.25) is 0 Å². The SMILES string of the molecule is CC(C)(C)C[B]C(C)(C)C(C)(C)C. The quantitative estimate of drug-likeness (QED) is 0.554. The van der Waals surface area contributed by atoms with Gasteiger partial charge in [0, 0.05) is 0 Å². The molecule has 0 nitrogen and oxygen atoms in total. The highest BCUT2D eigenvalue weighted by Gasteiger charge is 2.33. The molecule has 13 heavy (non-hydrogen) atoms. The van der Waals surface area contributed by atoms with Crippen LogP contribution in [0.25, 0.3) is 0 Å². The molecule has 1 heteroatoms. The summed E-state index contributed by atoms with van der Waals surface area (Å²) in [7, 11) is 2.48. The highest BCUT2D eigenvalue weighted by Crippen LogP contribution is 2.45. The molecule has 0 N–H and O–H groups in total. The highest BCUT2D eigenvalue weighted by atomic mass is 14.3. The Hall–Kier alpha value is 0.0649. The van der Waals surface area contributed by atoms with Gasteiger partial charge in [0.05, 0.1) is 0 Å². The van der Waals surface area contributed by atoms with E-state index in [2.05, 4.69) is 62.7 Å². The maximum atomic E-state index is 2.48. The zero-order valence-corrected chi connectivity index (χ0v) is 10.8. The van der Waals surface area contributed by atoms with Crippen LogP contribution in [0.4, 0.5) is 0 Å². The molecule has 0 bridgehead atoms. The molecule has 1 radical (unpaired) electrons. The fourth-order valence-corrected chi connectivity index (χ4v) is 0.868. The van der Waals surface area contributed by atoms with Gasteiger partial charge in [-0.25, -0.2) is 0 Å². The normalized spacial score (nSPS) is 14.5. The van der Waals surface area contributed by atoms with Crippen molar-refractivity contribution in [2.45, 2.75) is 67.0 Å². The molecule has 0 aromatic carbocycles. The van der Waals surface area contributed by atoms with Gasteiger partial charge in [-0.1, -0.05) is 67.0 Å². The van der Waals surface area contributed by atoms with Crippen molar-refractivity contribution >= 4 is 7.28 Å². The highest BCUT2D eigenvalue weighted by molar-refractivity contribution is 6.40. The molecule has 0 saturated heterocycles. The minimum absolute atomic E-state index is 0.320. The summed E-state index contributed by atoms with van der Waals surface area (Å²) in [6, 6.07) is 0. The van der Waals surface area contributed by atoms with Crippen molar-refractivity contribution in [3.8, 4) is 0 Å². The fraction of sp³-hybridized carbons (Fsp3) is 1.00. The third-order valence-electron chi connectivity index (χ3n) is 3.16. The Balaban J connectivity index is 4.21. The summed E-state index contributed by atoms with van der Waals surface area (Å²) in [6.07, 6.45) is 1.19. The Labute approximate surface area is 85.7 Å². The van der Waals surface area contributed by atoms with E-state index < -0.39 is 0 Å². The van der Waals surface area contributed by atoms with Crippen LogP contribution >= 0.6 is 0 Å². The van der Waals surface area contributed by atoms with E-state index in [4.69, 9.17) is 0 Å². The molecule has 0 aliphatic carbocycles. The molecule has 0 heterocycles. The Morgan fingerprint density at radius 2 is 1.15 bits per heavy atom. The first-order valence-corrected chi connectivity index (χ1v) is 5.30. The van der Waals surface area contributed by atoms with Crippen molar-refractivity contribution in [1.29, 1.82) is 0 Å². The van der Waals surface area contributed by atoms with Crippen LogP contribution in [-0.4, -0.2) is 7.28 Å². The lowest BCUT2D eigenvalue weighted by molar-refractivity contribution is 0.294. The van der Waals surface area contributed by atoms with Crippen LogP contribution in [-0.2, 0) is 0 Å². The number of rotatable bonds is 2. The van der Waals surface area contributed by atoms with Gasteiger partial charge in [-0.15, -0.1) is 0 Å². The Bertz CT molecular complexity index is 155. The molecular formula is C12H26B. The second-order valence-corrected chi connectivity index (χ2v) is 6.94. The zero-order valence-electron chi connectivity index (χ0n) is 10.8. The van der Waals surface area contributed by atoms with Gasteiger partial charge in [0.15, 0.2) is 0 Å². The molecule has 0 aromatic rings. The molecule has 0 unspecified atom stereocenters. The van der Waals surface area contributed by atoms with Crippen LogP contribution in [0.3, 0.4) is 0 Å². The Morgan fingerprint density at radius 1 is 0.769 bits per heavy atom. The first-order valence-electron chi connectivity index (χ1n) is 5.30. The van der Waals surface area contributed by atoms with Gasteiger partial charge in [-0.2, -0.15) is 0 Å².